The maximum Gasteiger partial charge on any atom is 0.309 e. The summed E-state index contributed by atoms with van der Waals surface area (Å²) >= 11 is 1.40. The van der Waals surface area contributed by atoms with E-state index in [9.17, 15) is 19.8 Å². The Kier molecular flexibility index (Phi) is 8.27. The number of nitrogens with zero attached hydrogens (tertiary/aromatic N) is 5. The van der Waals surface area contributed by atoms with Gasteiger partial charge in [0.25, 0.3) is 0 Å². The summed E-state index contributed by atoms with van der Waals surface area (Å²) in [6.45, 7) is 6.71. The number of thiazole rings is 1. The zero-order valence-electron chi connectivity index (χ0n) is 23.4. The smallest absolute Gasteiger partial charge is 0.309 e. The quantitative estimate of drug-likeness (QED) is 0.230. The molecule has 41 heavy (non-hydrogen) atoms. The van der Waals surface area contributed by atoms with Gasteiger partial charge < -0.3 is 20.4 Å². The molecule has 1 fully saturated rings. The summed E-state index contributed by atoms with van der Waals surface area (Å²) in [7, 11) is 0. The minimum absolute atomic E-state index is 0.0627. The van der Waals surface area contributed by atoms with Crippen LogP contribution in [-0.4, -0.2) is 55.1 Å². The van der Waals surface area contributed by atoms with E-state index in [4.69, 9.17) is 4.98 Å². The van der Waals surface area contributed by atoms with E-state index in [0.717, 1.165) is 39.8 Å². The highest BCUT2D eigenvalue weighted by atomic mass is 32.1. The minimum atomic E-state index is -0.765. The van der Waals surface area contributed by atoms with Gasteiger partial charge in [-0.2, -0.15) is 0 Å². The molecule has 1 aromatic carbocycles. The van der Waals surface area contributed by atoms with Crippen LogP contribution >= 0.6 is 11.3 Å². The first kappa shape index (κ1) is 28.6. The molecule has 0 bridgehead atoms. The van der Waals surface area contributed by atoms with Crippen molar-refractivity contribution in [2.75, 3.05) is 23.3 Å². The molecule has 1 amide bonds. The van der Waals surface area contributed by atoms with Crippen LogP contribution < -0.4 is 10.2 Å². The van der Waals surface area contributed by atoms with Crippen LogP contribution in [0.15, 0.2) is 42.9 Å². The number of fused-ring (bicyclic) bond motifs is 1. The topological polar surface area (TPSA) is 141 Å². The summed E-state index contributed by atoms with van der Waals surface area (Å²) in [5.41, 5.74) is 3.90. The normalized spacial score (nSPS) is 15.6. The highest BCUT2D eigenvalue weighted by Gasteiger charge is 2.37. The van der Waals surface area contributed by atoms with Gasteiger partial charge in [0.15, 0.2) is 5.13 Å². The molecule has 1 saturated heterocycles. The Morgan fingerprint density at radius 1 is 1.12 bits per heavy atom. The van der Waals surface area contributed by atoms with E-state index in [1.54, 1.807) is 38.5 Å². The summed E-state index contributed by atoms with van der Waals surface area (Å²) in [4.78, 5) is 44.6. The van der Waals surface area contributed by atoms with Crippen LogP contribution in [0.3, 0.4) is 0 Å². The van der Waals surface area contributed by atoms with Crippen molar-refractivity contribution in [1.82, 2.24) is 19.9 Å². The summed E-state index contributed by atoms with van der Waals surface area (Å²) in [5, 5.41) is 23.2. The van der Waals surface area contributed by atoms with Crippen molar-refractivity contribution >= 4 is 44.5 Å². The lowest BCUT2D eigenvalue weighted by Crippen LogP contribution is -2.43. The van der Waals surface area contributed by atoms with Gasteiger partial charge >= 0.3 is 5.97 Å². The van der Waals surface area contributed by atoms with Crippen LogP contribution in [-0.2, 0) is 9.59 Å². The second kappa shape index (κ2) is 11.9. The monoisotopic (exact) mass is 574 g/mol. The predicted octanol–water partition coefficient (Wildman–Crippen LogP) is 5.69. The van der Waals surface area contributed by atoms with Gasteiger partial charge in [-0.05, 0) is 68.5 Å². The minimum Gasteiger partial charge on any atom is -0.481 e. The third kappa shape index (κ3) is 6.20. The Bertz CT molecular complexity index is 1560. The van der Waals surface area contributed by atoms with Crippen LogP contribution in [0.5, 0.6) is 0 Å². The number of carboxylic acid groups (broad SMARTS) is 1. The molecule has 10 nitrogen and oxygen atoms in total. The van der Waals surface area contributed by atoms with Crippen molar-refractivity contribution in [2.45, 2.75) is 59.0 Å². The molecule has 0 aliphatic carbocycles. The van der Waals surface area contributed by atoms with Crippen molar-refractivity contribution in [3.8, 4) is 22.4 Å². The number of nitrogens with one attached hydrogen (secondary N) is 1. The number of aliphatic carboxylic acids is 1. The SMILES string of the molecule is CCCCC(=O)Nc1nc2cc(-c3cnc(N4CCC(C)(C(=O)O)CC4)nc3)cc(-c3cc(C(C)O)ccn3)c2s1. The first-order chi connectivity index (χ1) is 19.7. The Morgan fingerprint density at radius 2 is 1.85 bits per heavy atom. The van der Waals surface area contributed by atoms with Gasteiger partial charge in [0.2, 0.25) is 11.9 Å². The van der Waals surface area contributed by atoms with Crippen LogP contribution in [0.4, 0.5) is 11.1 Å². The highest BCUT2D eigenvalue weighted by molar-refractivity contribution is 7.22. The summed E-state index contributed by atoms with van der Waals surface area (Å²) in [5.74, 6) is -0.259. The van der Waals surface area contributed by atoms with Gasteiger partial charge in [-0.15, -0.1) is 0 Å². The van der Waals surface area contributed by atoms with Gasteiger partial charge in [-0.25, -0.2) is 15.0 Å². The molecule has 5 rings (SSSR count). The molecule has 11 heteroatoms. The van der Waals surface area contributed by atoms with E-state index in [1.165, 1.54) is 11.3 Å². The van der Waals surface area contributed by atoms with Gasteiger partial charge in [0.1, 0.15) is 0 Å². The van der Waals surface area contributed by atoms with Crippen molar-refractivity contribution < 1.29 is 19.8 Å². The first-order valence-corrected chi connectivity index (χ1v) is 14.7. The van der Waals surface area contributed by atoms with Crippen LogP contribution in [0.1, 0.15) is 64.5 Å². The van der Waals surface area contributed by atoms with Gasteiger partial charge in [-0.1, -0.05) is 24.7 Å². The third-order valence-corrected chi connectivity index (χ3v) is 8.69. The van der Waals surface area contributed by atoms with Crippen molar-refractivity contribution in [2.24, 2.45) is 5.41 Å². The fraction of sp³-hybridized carbons (Fsp3) is 0.400. The molecule has 1 aliphatic rings. The van der Waals surface area contributed by atoms with Crippen LogP contribution in [0.25, 0.3) is 32.6 Å². The number of hydrogen-bond donors (Lipinski definition) is 3. The lowest BCUT2D eigenvalue weighted by molar-refractivity contribution is -0.149. The molecule has 3 N–H and O–H groups in total. The average Bonchev–Trinajstić information content (AvgIpc) is 3.38. The Labute approximate surface area is 242 Å². The molecule has 3 aromatic heterocycles. The van der Waals surface area contributed by atoms with E-state index in [-0.39, 0.29) is 5.91 Å². The molecule has 4 aromatic rings. The summed E-state index contributed by atoms with van der Waals surface area (Å²) in [6, 6.07) is 7.61. The number of aromatic nitrogens is 4. The molecule has 0 radical (unpaired) electrons. The molecular formula is C30H34N6O4S. The average molecular weight is 575 g/mol. The molecule has 1 aliphatic heterocycles. The van der Waals surface area contributed by atoms with Crippen molar-refractivity contribution in [1.29, 1.82) is 0 Å². The van der Waals surface area contributed by atoms with Gasteiger partial charge in [0.05, 0.1) is 27.4 Å². The number of carbonyl (C=O) groups excluding carboxylic acids is 1. The zero-order valence-corrected chi connectivity index (χ0v) is 24.2. The van der Waals surface area contributed by atoms with Crippen molar-refractivity contribution in [3.63, 3.8) is 0 Å². The number of unbranched alkanes of at least 4 members (excludes halogenated alkanes) is 1. The maximum absolute atomic E-state index is 12.4. The number of amides is 1. The van der Waals surface area contributed by atoms with Crippen molar-refractivity contribution in [3.05, 3.63) is 48.4 Å². The standard InChI is InChI=1S/C30H34N6O4S/c1-4-5-6-25(38)35-29-34-24-15-20(13-22(26(24)41-29)23-14-19(18(2)37)7-10-31-23)21-16-32-28(33-17-21)36-11-8-30(3,9-12-36)27(39)40/h7,10,13-18,37H,4-6,8-9,11-12H2,1-3H3,(H,39,40)(H,34,35,38). The molecule has 1 unspecified atom stereocenters. The number of anilines is 2. The number of pyridine rings is 1. The number of hydrogen-bond acceptors (Lipinski definition) is 9. The van der Waals surface area contributed by atoms with Gasteiger partial charge in [-0.3, -0.25) is 14.6 Å². The highest BCUT2D eigenvalue weighted by Crippen LogP contribution is 2.39. The number of aliphatic hydroxyl groups excluding tert-OH is 1. The number of carboxylic acids is 1. The Hall–Kier alpha value is -3.96. The van der Waals surface area contributed by atoms with Gasteiger partial charge in [0, 0.05) is 49.2 Å². The fourth-order valence-electron chi connectivity index (χ4n) is 4.86. The molecule has 214 valence electrons. The molecular weight excluding hydrogens is 540 g/mol. The summed E-state index contributed by atoms with van der Waals surface area (Å²) < 4.78 is 0.877. The second-order valence-electron chi connectivity index (χ2n) is 10.8. The number of carbonyl (C=O) groups is 2. The first-order valence-electron chi connectivity index (χ1n) is 13.9. The van der Waals surface area contributed by atoms with Crippen LogP contribution in [0.2, 0.25) is 0 Å². The zero-order chi connectivity index (χ0) is 29.1. The molecule has 4 heterocycles. The van der Waals surface area contributed by atoms with E-state index in [0.29, 0.717) is 54.6 Å². The number of aliphatic hydroxyl groups is 1. The van der Waals surface area contributed by atoms with Crippen LogP contribution in [0, 0.1) is 5.41 Å². The van der Waals surface area contributed by atoms with E-state index in [2.05, 4.69) is 20.3 Å². The summed E-state index contributed by atoms with van der Waals surface area (Å²) in [6.07, 6.45) is 7.82. The third-order valence-electron chi connectivity index (χ3n) is 7.67. The van der Waals surface area contributed by atoms with E-state index < -0.39 is 17.5 Å². The Balaban J connectivity index is 1.49. The largest absolute Gasteiger partial charge is 0.481 e. The number of benzene rings is 1. The maximum atomic E-state index is 12.4. The Morgan fingerprint density at radius 3 is 2.51 bits per heavy atom. The molecule has 0 saturated carbocycles. The van der Waals surface area contributed by atoms with E-state index in [1.807, 2.05) is 30.0 Å². The lowest BCUT2D eigenvalue weighted by Gasteiger charge is -2.36. The van der Waals surface area contributed by atoms with E-state index >= 15 is 0 Å². The second-order valence-corrected chi connectivity index (χ2v) is 11.8. The number of rotatable bonds is 9. The lowest BCUT2D eigenvalue weighted by atomic mass is 9.80. The molecule has 0 spiro atoms. The number of piperidine rings is 1. The fourth-order valence-corrected chi connectivity index (χ4v) is 5.85. The molecule has 1 atom stereocenters. The predicted molar refractivity (Wildman–Crippen MR) is 160 cm³/mol.